The Hall–Kier alpha value is -1.23. The molecular weight excluding hydrogens is 296 g/mol. The molecule has 2 aromatic carbocycles. The lowest BCUT2D eigenvalue weighted by molar-refractivity contribution is 1.38. The van der Waals surface area contributed by atoms with Crippen LogP contribution in [0.3, 0.4) is 0 Å². The van der Waals surface area contributed by atoms with Gasteiger partial charge in [-0.15, -0.1) is 11.8 Å². The van der Waals surface area contributed by atoms with Crippen molar-refractivity contribution in [3.63, 3.8) is 0 Å². The highest BCUT2D eigenvalue weighted by molar-refractivity contribution is 7.98. The number of rotatable bonds is 3. The van der Waals surface area contributed by atoms with Gasteiger partial charge >= 0.3 is 0 Å². The van der Waals surface area contributed by atoms with Crippen LogP contribution in [-0.2, 0) is 0 Å². The molecule has 1 aromatic heterocycles. The second-order valence-corrected chi connectivity index (χ2v) is 6.27. The standard InChI is InChI=1S/C14H11ClN2S2/c1-18-12-5-3-2-4-10(12)16-14-17-11-8-9(15)6-7-13(11)19-14/h2-8H,1H3,(H,16,17). The van der Waals surface area contributed by atoms with E-state index in [2.05, 4.69) is 28.7 Å². The molecule has 0 spiro atoms. The first-order chi connectivity index (χ1) is 9.26. The summed E-state index contributed by atoms with van der Waals surface area (Å²) in [6.45, 7) is 0. The van der Waals surface area contributed by atoms with E-state index >= 15 is 0 Å². The molecule has 3 aromatic rings. The number of hydrogen-bond donors (Lipinski definition) is 1. The molecule has 0 aliphatic rings. The van der Waals surface area contributed by atoms with Gasteiger partial charge in [-0.25, -0.2) is 4.98 Å². The normalized spacial score (nSPS) is 10.8. The predicted octanol–water partition coefficient (Wildman–Crippen LogP) is 5.42. The van der Waals surface area contributed by atoms with Crippen molar-refractivity contribution in [2.24, 2.45) is 0 Å². The molecule has 5 heteroatoms. The van der Waals surface area contributed by atoms with Crippen molar-refractivity contribution in [2.75, 3.05) is 11.6 Å². The molecule has 2 nitrogen and oxygen atoms in total. The van der Waals surface area contributed by atoms with Crippen LogP contribution < -0.4 is 5.32 Å². The summed E-state index contributed by atoms with van der Waals surface area (Å²) >= 11 is 9.32. The summed E-state index contributed by atoms with van der Waals surface area (Å²) in [6.07, 6.45) is 2.07. The van der Waals surface area contributed by atoms with E-state index in [4.69, 9.17) is 11.6 Å². The van der Waals surface area contributed by atoms with Crippen LogP contribution in [0.1, 0.15) is 0 Å². The summed E-state index contributed by atoms with van der Waals surface area (Å²) in [5, 5.41) is 4.98. The number of halogens is 1. The second-order valence-electron chi connectivity index (χ2n) is 3.96. The van der Waals surface area contributed by atoms with Crippen LogP contribution in [0.15, 0.2) is 47.4 Å². The Bertz CT molecular complexity index is 724. The molecular formula is C14H11ClN2S2. The number of hydrogen-bond acceptors (Lipinski definition) is 4. The lowest BCUT2D eigenvalue weighted by Gasteiger charge is -2.06. The Morgan fingerprint density at radius 2 is 2.05 bits per heavy atom. The molecule has 3 rings (SSSR count). The summed E-state index contributed by atoms with van der Waals surface area (Å²) in [5.41, 5.74) is 2.02. The second kappa shape index (κ2) is 5.41. The summed E-state index contributed by atoms with van der Waals surface area (Å²) in [7, 11) is 0. The molecule has 96 valence electrons. The maximum Gasteiger partial charge on any atom is 0.188 e. The SMILES string of the molecule is CSc1ccccc1Nc1nc2cc(Cl)ccc2s1. The third kappa shape index (κ3) is 2.71. The first-order valence-corrected chi connectivity index (χ1v) is 8.14. The Kier molecular flexibility index (Phi) is 3.64. The van der Waals surface area contributed by atoms with Crippen LogP contribution in [-0.4, -0.2) is 11.2 Å². The van der Waals surface area contributed by atoms with E-state index in [1.807, 2.05) is 30.3 Å². The smallest absolute Gasteiger partial charge is 0.188 e. The first-order valence-electron chi connectivity index (χ1n) is 5.72. The highest BCUT2D eigenvalue weighted by Crippen LogP contribution is 2.32. The van der Waals surface area contributed by atoms with Gasteiger partial charge in [-0.1, -0.05) is 35.1 Å². The molecule has 0 aliphatic heterocycles. The Labute approximate surface area is 124 Å². The maximum atomic E-state index is 5.98. The van der Waals surface area contributed by atoms with Crippen molar-refractivity contribution >= 4 is 55.7 Å². The molecule has 0 amide bonds. The van der Waals surface area contributed by atoms with Crippen LogP contribution in [0.5, 0.6) is 0 Å². The molecule has 19 heavy (non-hydrogen) atoms. The van der Waals surface area contributed by atoms with E-state index in [-0.39, 0.29) is 0 Å². The fourth-order valence-corrected chi connectivity index (χ4v) is 3.40. The van der Waals surface area contributed by atoms with Gasteiger partial charge in [0.05, 0.1) is 15.9 Å². The molecule has 0 unspecified atom stereocenters. The molecule has 0 bridgehead atoms. The molecule has 1 N–H and O–H groups in total. The molecule has 0 atom stereocenters. The van der Waals surface area contributed by atoms with Crippen LogP contribution in [0.4, 0.5) is 10.8 Å². The van der Waals surface area contributed by atoms with Gasteiger partial charge in [-0.2, -0.15) is 0 Å². The molecule has 0 fully saturated rings. The largest absolute Gasteiger partial charge is 0.331 e. The van der Waals surface area contributed by atoms with Gasteiger partial charge in [0.2, 0.25) is 0 Å². The number of aromatic nitrogens is 1. The minimum Gasteiger partial charge on any atom is -0.331 e. The van der Waals surface area contributed by atoms with Crippen molar-refractivity contribution in [1.29, 1.82) is 0 Å². The topological polar surface area (TPSA) is 24.9 Å². The van der Waals surface area contributed by atoms with E-state index < -0.39 is 0 Å². The van der Waals surface area contributed by atoms with Crippen LogP contribution in [0.25, 0.3) is 10.2 Å². The molecule has 0 saturated carbocycles. The average molecular weight is 307 g/mol. The van der Waals surface area contributed by atoms with Crippen LogP contribution >= 0.6 is 34.7 Å². The zero-order valence-corrected chi connectivity index (χ0v) is 12.6. The Morgan fingerprint density at radius 1 is 1.21 bits per heavy atom. The molecule has 0 saturated heterocycles. The van der Waals surface area contributed by atoms with Gasteiger partial charge < -0.3 is 5.32 Å². The Morgan fingerprint density at radius 3 is 2.89 bits per heavy atom. The first kappa shape index (κ1) is 12.8. The van der Waals surface area contributed by atoms with Crippen molar-refractivity contribution in [1.82, 2.24) is 4.98 Å². The third-order valence-electron chi connectivity index (χ3n) is 2.70. The molecule has 1 heterocycles. The van der Waals surface area contributed by atoms with Gasteiger partial charge in [0, 0.05) is 9.92 Å². The third-order valence-corrected chi connectivity index (χ3v) is 4.68. The number of thioether (sulfide) groups is 1. The summed E-state index contributed by atoms with van der Waals surface area (Å²) in [5.74, 6) is 0. The average Bonchev–Trinajstić information content (AvgIpc) is 2.80. The number of fused-ring (bicyclic) bond motifs is 1. The van der Waals surface area contributed by atoms with Crippen molar-refractivity contribution in [3.8, 4) is 0 Å². The van der Waals surface area contributed by atoms with Crippen molar-refractivity contribution < 1.29 is 0 Å². The number of thiazole rings is 1. The number of benzene rings is 2. The maximum absolute atomic E-state index is 5.98. The summed E-state index contributed by atoms with van der Waals surface area (Å²) in [6, 6.07) is 14.0. The van der Waals surface area contributed by atoms with E-state index in [9.17, 15) is 0 Å². The number of anilines is 2. The van der Waals surface area contributed by atoms with E-state index in [1.54, 1.807) is 23.1 Å². The van der Waals surface area contributed by atoms with Gasteiger partial charge in [0.25, 0.3) is 0 Å². The molecule has 0 aliphatic carbocycles. The lowest BCUT2D eigenvalue weighted by atomic mass is 10.3. The minimum atomic E-state index is 0.717. The highest BCUT2D eigenvalue weighted by atomic mass is 35.5. The van der Waals surface area contributed by atoms with Crippen molar-refractivity contribution in [2.45, 2.75) is 4.90 Å². The van der Waals surface area contributed by atoms with Gasteiger partial charge in [-0.05, 0) is 36.6 Å². The van der Waals surface area contributed by atoms with Crippen molar-refractivity contribution in [3.05, 3.63) is 47.5 Å². The highest BCUT2D eigenvalue weighted by Gasteiger charge is 2.06. The minimum absolute atomic E-state index is 0.717. The van der Waals surface area contributed by atoms with Gasteiger partial charge in [-0.3, -0.25) is 0 Å². The fraction of sp³-hybridized carbons (Fsp3) is 0.0714. The zero-order valence-electron chi connectivity index (χ0n) is 10.2. The van der Waals surface area contributed by atoms with Crippen LogP contribution in [0, 0.1) is 0 Å². The summed E-state index contributed by atoms with van der Waals surface area (Å²) in [4.78, 5) is 5.77. The zero-order chi connectivity index (χ0) is 13.2. The van der Waals surface area contributed by atoms with E-state index in [0.29, 0.717) is 5.02 Å². The Balaban J connectivity index is 1.96. The quantitative estimate of drug-likeness (QED) is 0.654. The summed E-state index contributed by atoms with van der Waals surface area (Å²) < 4.78 is 1.13. The van der Waals surface area contributed by atoms with Gasteiger partial charge in [0.15, 0.2) is 5.13 Å². The number of nitrogens with zero attached hydrogens (tertiary/aromatic N) is 1. The van der Waals surface area contributed by atoms with Gasteiger partial charge in [0.1, 0.15) is 0 Å². The van der Waals surface area contributed by atoms with E-state index in [1.165, 1.54) is 4.90 Å². The molecule has 0 radical (unpaired) electrons. The fourth-order valence-electron chi connectivity index (χ4n) is 1.82. The lowest BCUT2D eigenvalue weighted by Crippen LogP contribution is -1.90. The van der Waals surface area contributed by atoms with E-state index in [0.717, 1.165) is 21.0 Å². The predicted molar refractivity (Wildman–Crippen MR) is 86.1 cm³/mol. The number of nitrogens with one attached hydrogen (secondary N) is 1. The number of para-hydroxylation sites is 1. The monoisotopic (exact) mass is 306 g/mol. The van der Waals surface area contributed by atoms with Crippen LogP contribution in [0.2, 0.25) is 5.02 Å².